The molecule has 1 rings (SSSR count). The van der Waals surface area contributed by atoms with Crippen molar-refractivity contribution in [3.8, 4) is 5.88 Å². The van der Waals surface area contributed by atoms with E-state index in [2.05, 4.69) is 11.9 Å². The number of pyridine rings is 1. The van der Waals surface area contributed by atoms with Crippen LogP contribution in [0.1, 0.15) is 25.3 Å². The van der Waals surface area contributed by atoms with Gasteiger partial charge in [-0.05, 0) is 19.4 Å². The van der Waals surface area contributed by atoms with E-state index in [0.29, 0.717) is 12.5 Å². The molecule has 0 aliphatic rings. The third kappa shape index (κ3) is 2.61. The molecule has 72 valence electrons. The zero-order chi connectivity index (χ0) is 9.68. The Labute approximate surface area is 78.9 Å². The average molecular weight is 180 g/mol. The highest BCUT2D eigenvalue weighted by Crippen LogP contribution is 2.19. The van der Waals surface area contributed by atoms with Crippen LogP contribution in [-0.4, -0.2) is 11.6 Å². The Morgan fingerprint density at radius 1 is 1.54 bits per heavy atom. The van der Waals surface area contributed by atoms with Gasteiger partial charge in [-0.3, -0.25) is 0 Å². The maximum absolute atomic E-state index is 5.70. The number of hydrogen-bond acceptors (Lipinski definition) is 3. The van der Waals surface area contributed by atoms with Crippen molar-refractivity contribution in [3.05, 3.63) is 17.8 Å². The number of hydrogen-bond donors (Lipinski definition) is 1. The maximum Gasteiger partial charge on any atom is 0.218 e. The van der Waals surface area contributed by atoms with Crippen LogP contribution in [0.4, 0.5) is 5.69 Å². The summed E-state index contributed by atoms with van der Waals surface area (Å²) in [5.41, 5.74) is 7.37. The average Bonchev–Trinajstić information content (AvgIpc) is 2.13. The van der Waals surface area contributed by atoms with Gasteiger partial charge in [-0.15, -0.1) is 0 Å². The lowest BCUT2D eigenvalue weighted by atomic mass is 10.2. The minimum Gasteiger partial charge on any atom is -0.477 e. The van der Waals surface area contributed by atoms with Gasteiger partial charge in [-0.25, -0.2) is 4.98 Å². The van der Waals surface area contributed by atoms with E-state index in [9.17, 15) is 0 Å². The third-order valence-corrected chi connectivity index (χ3v) is 1.94. The maximum atomic E-state index is 5.70. The van der Waals surface area contributed by atoms with Crippen molar-refractivity contribution < 1.29 is 4.74 Å². The lowest BCUT2D eigenvalue weighted by Gasteiger charge is -2.08. The Balaban J connectivity index is 2.61. The second-order valence-electron chi connectivity index (χ2n) is 3.03. The molecule has 0 spiro atoms. The minimum absolute atomic E-state index is 0.661. The van der Waals surface area contributed by atoms with E-state index >= 15 is 0 Å². The zero-order valence-corrected chi connectivity index (χ0v) is 8.21. The van der Waals surface area contributed by atoms with Gasteiger partial charge in [0.2, 0.25) is 5.88 Å². The van der Waals surface area contributed by atoms with Crippen molar-refractivity contribution in [2.75, 3.05) is 12.3 Å². The molecule has 13 heavy (non-hydrogen) atoms. The van der Waals surface area contributed by atoms with Crippen molar-refractivity contribution in [1.29, 1.82) is 0 Å². The summed E-state index contributed by atoms with van der Waals surface area (Å²) in [5.74, 6) is 0.661. The zero-order valence-electron chi connectivity index (χ0n) is 8.21. The van der Waals surface area contributed by atoms with Gasteiger partial charge in [-0.2, -0.15) is 0 Å². The van der Waals surface area contributed by atoms with Gasteiger partial charge in [0, 0.05) is 17.4 Å². The Kier molecular flexibility index (Phi) is 3.55. The Bertz CT molecular complexity index is 274. The molecule has 0 fully saturated rings. The van der Waals surface area contributed by atoms with Crippen LogP contribution in [0.3, 0.4) is 0 Å². The number of ether oxygens (including phenoxy) is 1. The largest absolute Gasteiger partial charge is 0.477 e. The molecule has 0 radical (unpaired) electrons. The summed E-state index contributed by atoms with van der Waals surface area (Å²) in [5, 5.41) is 0. The molecule has 1 aromatic rings. The summed E-state index contributed by atoms with van der Waals surface area (Å²) < 4.78 is 5.47. The molecule has 0 saturated heterocycles. The second-order valence-corrected chi connectivity index (χ2v) is 3.03. The summed E-state index contributed by atoms with van der Waals surface area (Å²) in [6.07, 6.45) is 3.85. The van der Waals surface area contributed by atoms with Crippen LogP contribution in [0.15, 0.2) is 12.3 Å². The molecular formula is C10H16N2O. The number of aromatic nitrogens is 1. The highest BCUT2D eigenvalue weighted by Gasteiger charge is 2.02. The first kappa shape index (κ1) is 9.84. The molecule has 1 aromatic heterocycles. The topological polar surface area (TPSA) is 48.1 Å². The summed E-state index contributed by atoms with van der Waals surface area (Å²) in [4.78, 5) is 4.11. The van der Waals surface area contributed by atoms with E-state index in [1.807, 2.05) is 6.92 Å². The summed E-state index contributed by atoms with van der Waals surface area (Å²) in [6, 6.07) is 1.78. The number of nitrogens with zero attached hydrogens (tertiary/aromatic N) is 1. The predicted octanol–water partition coefficient (Wildman–Crippen LogP) is 2.15. The predicted molar refractivity (Wildman–Crippen MR) is 53.8 cm³/mol. The van der Waals surface area contributed by atoms with E-state index in [0.717, 1.165) is 24.1 Å². The fourth-order valence-corrected chi connectivity index (χ4v) is 0.989. The molecule has 0 aliphatic heterocycles. The van der Waals surface area contributed by atoms with Crippen molar-refractivity contribution in [2.24, 2.45) is 0 Å². The van der Waals surface area contributed by atoms with Gasteiger partial charge in [0.05, 0.1) is 6.61 Å². The first-order chi connectivity index (χ1) is 6.25. The van der Waals surface area contributed by atoms with Crippen LogP contribution in [0.25, 0.3) is 0 Å². The lowest BCUT2D eigenvalue weighted by Crippen LogP contribution is -2.02. The molecule has 0 aliphatic carbocycles. The Morgan fingerprint density at radius 2 is 2.31 bits per heavy atom. The molecule has 0 saturated carbocycles. The summed E-state index contributed by atoms with van der Waals surface area (Å²) in [7, 11) is 0. The molecular weight excluding hydrogens is 164 g/mol. The van der Waals surface area contributed by atoms with Crippen molar-refractivity contribution in [3.63, 3.8) is 0 Å². The molecule has 0 bridgehead atoms. The lowest BCUT2D eigenvalue weighted by molar-refractivity contribution is 0.296. The smallest absolute Gasteiger partial charge is 0.218 e. The van der Waals surface area contributed by atoms with Gasteiger partial charge in [-0.1, -0.05) is 13.3 Å². The van der Waals surface area contributed by atoms with Crippen LogP contribution in [0.5, 0.6) is 5.88 Å². The number of unbranched alkanes of at least 4 members (excludes halogenated alkanes) is 1. The van der Waals surface area contributed by atoms with E-state index in [-0.39, 0.29) is 0 Å². The summed E-state index contributed by atoms with van der Waals surface area (Å²) >= 11 is 0. The molecule has 0 atom stereocenters. The van der Waals surface area contributed by atoms with Gasteiger partial charge in [0.25, 0.3) is 0 Å². The highest BCUT2D eigenvalue weighted by atomic mass is 16.5. The molecule has 0 aromatic carbocycles. The molecule has 3 nitrogen and oxygen atoms in total. The fourth-order valence-electron chi connectivity index (χ4n) is 0.989. The Morgan fingerprint density at radius 3 is 3.00 bits per heavy atom. The number of anilines is 1. The first-order valence-electron chi connectivity index (χ1n) is 4.59. The van der Waals surface area contributed by atoms with E-state index in [4.69, 9.17) is 10.5 Å². The number of nitrogen functional groups attached to an aromatic ring is 1. The van der Waals surface area contributed by atoms with Crippen molar-refractivity contribution in [1.82, 2.24) is 4.98 Å². The molecule has 2 N–H and O–H groups in total. The van der Waals surface area contributed by atoms with Crippen LogP contribution in [0, 0.1) is 6.92 Å². The Hall–Kier alpha value is -1.25. The molecule has 0 unspecified atom stereocenters. The van der Waals surface area contributed by atoms with Gasteiger partial charge in [0.1, 0.15) is 0 Å². The normalized spacial score (nSPS) is 10.0. The van der Waals surface area contributed by atoms with Crippen LogP contribution < -0.4 is 10.5 Å². The molecule has 0 amide bonds. The second kappa shape index (κ2) is 4.70. The van der Waals surface area contributed by atoms with Gasteiger partial charge in [0.15, 0.2) is 0 Å². The third-order valence-electron chi connectivity index (χ3n) is 1.94. The summed E-state index contributed by atoms with van der Waals surface area (Å²) in [6.45, 7) is 4.76. The van der Waals surface area contributed by atoms with E-state index in [1.54, 1.807) is 12.3 Å². The van der Waals surface area contributed by atoms with Crippen molar-refractivity contribution >= 4 is 5.69 Å². The SMILES string of the molecule is CCCCOc1nccc(N)c1C. The molecule has 3 heteroatoms. The molecule has 1 heterocycles. The number of rotatable bonds is 4. The monoisotopic (exact) mass is 180 g/mol. The highest BCUT2D eigenvalue weighted by molar-refractivity contribution is 5.49. The fraction of sp³-hybridized carbons (Fsp3) is 0.500. The van der Waals surface area contributed by atoms with E-state index in [1.165, 1.54) is 0 Å². The van der Waals surface area contributed by atoms with Crippen LogP contribution >= 0.6 is 0 Å². The quantitative estimate of drug-likeness (QED) is 0.722. The van der Waals surface area contributed by atoms with Crippen molar-refractivity contribution in [2.45, 2.75) is 26.7 Å². The standard InChI is InChI=1S/C10H16N2O/c1-3-4-7-13-10-8(2)9(11)5-6-12-10/h5-6H,3-4,7H2,1-2H3,(H2,11,12). The van der Waals surface area contributed by atoms with Gasteiger partial charge < -0.3 is 10.5 Å². The van der Waals surface area contributed by atoms with Crippen LogP contribution in [-0.2, 0) is 0 Å². The van der Waals surface area contributed by atoms with Gasteiger partial charge >= 0.3 is 0 Å². The minimum atomic E-state index is 0.661. The van der Waals surface area contributed by atoms with Crippen LogP contribution in [0.2, 0.25) is 0 Å². The number of nitrogens with two attached hydrogens (primary N) is 1. The van der Waals surface area contributed by atoms with E-state index < -0.39 is 0 Å². The first-order valence-corrected chi connectivity index (χ1v) is 4.59.